The fraction of sp³-hybridized carbons (Fsp3) is 0.167. The van der Waals surface area contributed by atoms with Gasteiger partial charge in [-0.1, -0.05) is 24.3 Å². The molecule has 9 nitrogen and oxygen atoms in total. The fourth-order valence-corrected chi connectivity index (χ4v) is 2.55. The summed E-state index contributed by atoms with van der Waals surface area (Å²) in [6, 6.07) is 6.34. The van der Waals surface area contributed by atoms with Gasteiger partial charge in [0.05, 0.1) is 5.56 Å². The number of hydrogen-bond acceptors (Lipinski definition) is 6. The number of anilines is 1. The molecule has 0 radical (unpaired) electrons. The highest BCUT2D eigenvalue weighted by atomic mass is 16.4. The van der Waals surface area contributed by atoms with Crippen LogP contribution >= 0.6 is 0 Å². The number of nitrogens with zero attached hydrogens (tertiary/aromatic N) is 4. The molecule has 0 spiro atoms. The molecule has 2 aromatic heterocycles. The van der Waals surface area contributed by atoms with E-state index in [2.05, 4.69) is 20.4 Å². The first-order valence-corrected chi connectivity index (χ1v) is 8.11. The molecule has 3 aromatic rings. The zero-order valence-corrected chi connectivity index (χ0v) is 14.5. The molecule has 9 heteroatoms. The summed E-state index contributed by atoms with van der Waals surface area (Å²) < 4.78 is 1.60. The van der Waals surface area contributed by atoms with Crippen molar-refractivity contribution >= 4 is 17.7 Å². The van der Waals surface area contributed by atoms with Gasteiger partial charge in [-0.25, -0.2) is 9.97 Å². The van der Waals surface area contributed by atoms with Gasteiger partial charge in [-0.15, -0.1) is 0 Å². The number of aryl methyl sites for hydroxylation is 1. The molecule has 1 amide bonds. The quantitative estimate of drug-likeness (QED) is 0.594. The summed E-state index contributed by atoms with van der Waals surface area (Å²) in [5.74, 6) is -0.998. The summed E-state index contributed by atoms with van der Waals surface area (Å²) in [5, 5.41) is 16.0. The minimum absolute atomic E-state index is 0.236. The third kappa shape index (κ3) is 4.33. The number of nitrogens with two attached hydrogens (primary N) is 1. The van der Waals surface area contributed by atoms with Crippen LogP contribution in [0.15, 0.2) is 49.2 Å². The SMILES string of the molecule is Cn1cc(-c2ccc(C[C@H](N)C(=O)O)cc2)c(NC(=O)c2cncnc2)n1. The summed E-state index contributed by atoms with van der Waals surface area (Å²) in [6.45, 7) is 0. The lowest BCUT2D eigenvalue weighted by Gasteiger charge is -2.08. The Balaban J connectivity index is 1.81. The fourth-order valence-electron chi connectivity index (χ4n) is 2.55. The molecule has 138 valence electrons. The molecular formula is C18H18N6O3. The molecule has 0 saturated heterocycles. The van der Waals surface area contributed by atoms with Crippen LogP contribution in [0.5, 0.6) is 0 Å². The third-order valence-corrected chi connectivity index (χ3v) is 3.92. The molecule has 1 atom stereocenters. The number of carboxylic acids is 1. The molecule has 27 heavy (non-hydrogen) atoms. The maximum Gasteiger partial charge on any atom is 0.320 e. The van der Waals surface area contributed by atoms with Crippen LogP contribution < -0.4 is 11.1 Å². The zero-order chi connectivity index (χ0) is 19.4. The Hall–Kier alpha value is -3.59. The molecule has 0 unspecified atom stereocenters. The van der Waals surface area contributed by atoms with Crippen molar-refractivity contribution in [1.82, 2.24) is 19.7 Å². The van der Waals surface area contributed by atoms with Crippen LogP contribution in [-0.4, -0.2) is 42.8 Å². The molecular weight excluding hydrogens is 348 g/mol. The first-order valence-electron chi connectivity index (χ1n) is 8.11. The van der Waals surface area contributed by atoms with Crippen LogP contribution in [0.2, 0.25) is 0 Å². The summed E-state index contributed by atoms with van der Waals surface area (Å²) in [5.41, 5.74) is 8.26. The summed E-state index contributed by atoms with van der Waals surface area (Å²) >= 11 is 0. The number of nitrogens with one attached hydrogen (secondary N) is 1. The van der Waals surface area contributed by atoms with E-state index in [-0.39, 0.29) is 12.3 Å². The van der Waals surface area contributed by atoms with Crippen LogP contribution in [0.1, 0.15) is 15.9 Å². The lowest BCUT2D eigenvalue weighted by molar-refractivity contribution is -0.138. The third-order valence-electron chi connectivity index (χ3n) is 3.92. The Morgan fingerprint density at radius 3 is 2.52 bits per heavy atom. The van der Waals surface area contributed by atoms with E-state index in [1.54, 1.807) is 17.9 Å². The first kappa shape index (κ1) is 18.2. The van der Waals surface area contributed by atoms with Gasteiger partial charge in [0.1, 0.15) is 12.4 Å². The molecule has 4 N–H and O–H groups in total. The summed E-state index contributed by atoms with van der Waals surface area (Å²) in [7, 11) is 1.75. The number of carbonyl (C=O) groups excluding carboxylic acids is 1. The molecule has 0 aliphatic rings. The number of carbonyl (C=O) groups is 2. The van der Waals surface area contributed by atoms with E-state index in [0.29, 0.717) is 11.4 Å². The van der Waals surface area contributed by atoms with E-state index in [4.69, 9.17) is 10.8 Å². The molecule has 3 rings (SSSR count). The van der Waals surface area contributed by atoms with Gasteiger partial charge in [0.25, 0.3) is 5.91 Å². The minimum atomic E-state index is -1.04. The molecule has 0 saturated carbocycles. The number of benzene rings is 1. The lowest BCUT2D eigenvalue weighted by atomic mass is 10.0. The summed E-state index contributed by atoms with van der Waals surface area (Å²) in [6.07, 6.45) is 6.22. The van der Waals surface area contributed by atoms with Gasteiger partial charge in [0.15, 0.2) is 5.82 Å². The Morgan fingerprint density at radius 2 is 1.89 bits per heavy atom. The van der Waals surface area contributed by atoms with Crippen LogP contribution in [0.25, 0.3) is 11.1 Å². The van der Waals surface area contributed by atoms with E-state index >= 15 is 0 Å². The second-order valence-corrected chi connectivity index (χ2v) is 5.99. The normalized spacial score (nSPS) is 11.8. The summed E-state index contributed by atoms with van der Waals surface area (Å²) in [4.78, 5) is 30.9. The Labute approximate surface area is 154 Å². The van der Waals surface area contributed by atoms with E-state index in [9.17, 15) is 9.59 Å². The van der Waals surface area contributed by atoms with Gasteiger partial charge < -0.3 is 16.2 Å². The van der Waals surface area contributed by atoms with Crippen LogP contribution in [0.4, 0.5) is 5.82 Å². The van der Waals surface area contributed by atoms with Crippen LogP contribution in [0, 0.1) is 0 Å². The van der Waals surface area contributed by atoms with E-state index < -0.39 is 12.0 Å². The predicted octanol–water partition coefficient (Wildman–Crippen LogP) is 1.08. The average molecular weight is 366 g/mol. The molecule has 0 bridgehead atoms. The highest BCUT2D eigenvalue weighted by Crippen LogP contribution is 2.27. The first-order chi connectivity index (χ1) is 12.9. The van der Waals surface area contributed by atoms with Gasteiger partial charge >= 0.3 is 5.97 Å². The number of rotatable bonds is 6. The molecule has 1 aromatic carbocycles. The van der Waals surface area contributed by atoms with Crippen LogP contribution in [-0.2, 0) is 18.3 Å². The van der Waals surface area contributed by atoms with E-state index in [0.717, 1.165) is 16.7 Å². The maximum atomic E-state index is 12.3. The van der Waals surface area contributed by atoms with Gasteiger partial charge in [0.2, 0.25) is 0 Å². The Bertz CT molecular complexity index is 953. The number of amides is 1. The van der Waals surface area contributed by atoms with Crippen molar-refractivity contribution in [1.29, 1.82) is 0 Å². The van der Waals surface area contributed by atoms with Crippen molar-refractivity contribution in [2.45, 2.75) is 12.5 Å². The monoisotopic (exact) mass is 366 g/mol. The van der Waals surface area contributed by atoms with Crippen molar-refractivity contribution in [3.63, 3.8) is 0 Å². The van der Waals surface area contributed by atoms with E-state index in [1.165, 1.54) is 18.7 Å². The highest BCUT2D eigenvalue weighted by Gasteiger charge is 2.16. The van der Waals surface area contributed by atoms with Crippen molar-refractivity contribution in [3.8, 4) is 11.1 Å². The smallest absolute Gasteiger partial charge is 0.320 e. The second kappa shape index (κ2) is 7.75. The van der Waals surface area contributed by atoms with Crippen molar-refractivity contribution in [2.24, 2.45) is 12.8 Å². The lowest BCUT2D eigenvalue weighted by Crippen LogP contribution is -2.32. The Morgan fingerprint density at radius 1 is 1.22 bits per heavy atom. The average Bonchev–Trinajstić information content (AvgIpc) is 3.03. The van der Waals surface area contributed by atoms with Crippen LogP contribution in [0.3, 0.4) is 0 Å². The second-order valence-electron chi connectivity index (χ2n) is 5.99. The number of carboxylic acid groups (broad SMARTS) is 1. The topological polar surface area (TPSA) is 136 Å². The molecule has 0 aliphatic carbocycles. The minimum Gasteiger partial charge on any atom is -0.480 e. The van der Waals surface area contributed by atoms with E-state index in [1.807, 2.05) is 24.3 Å². The van der Waals surface area contributed by atoms with Crippen molar-refractivity contribution in [3.05, 3.63) is 60.3 Å². The number of aliphatic carboxylic acids is 1. The zero-order valence-electron chi connectivity index (χ0n) is 14.5. The molecule has 2 heterocycles. The maximum absolute atomic E-state index is 12.3. The predicted molar refractivity (Wildman–Crippen MR) is 97.9 cm³/mol. The number of hydrogen-bond donors (Lipinski definition) is 3. The molecule has 0 fully saturated rings. The largest absolute Gasteiger partial charge is 0.480 e. The van der Waals surface area contributed by atoms with Gasteiger partial charge in [0, 0.05) is 31.2 Å². The van der Waals surface area contributed by atoms with Gasteiger partial charge in [-0.05, 0) is 17.5 Å². The standard InChI is InChI=1S/C18H18N6O3/c1-24-9-14(12-4-2-11(3-5-12)6-15(19)18(26)27)16(23-24)22-17(25)13-7-20-10-21-8-13/h2-5,7-10,15H,6,19H2,1H3,(H,26,27)(H,22,23,25)/t15-/m0/s1. The van der Waals surface area contributed by atoms with Gasteiger partial charge in [-0.3, -0.25) is 14.3 Å². The Kier molecular flexibility index (Phi) is 5.23. The van der Waals surface area contributed by atoms with Crippen molar-refractivity contribution in [2.75, 3.05) is 5.32 Å². The van der Waals surface area contributed by atoms with Crippen molar-refractivity contribution < 1.29 is 14.7 Å². The highest BCUT2D eigenvalue weighted by molar-refractivity contribution is 6.05. The number of aromatic nitrogens is 4. The van der Waals surface area contributed by atoms with Gasteiger partial charge in [-0.2, -0.15) is 5.10 Å². The molecule has 0 aliphatic heterocycles.